The Bertz CT molecular complexity index is 545. The maximum atomic E-state index is 6.19. The minimum Gasteiger partial charge on any atom is -0.312 e. The summed E-state index contributed by atoms with van der Waals surface area (Å²) in [6.07, 6.45) is 3.96. The largest absolute Gasteiger partial charge is 0.312 e. The van der Waals surface area contributed by atoms with Crippen molar-refractivity contribution in [2.75, 3.05) is 18.6 Å². The minimum atomic E-state index is 0.682. The number of hydrogen-bond donors (Lipinski definition) is 1. The number of pyridine rings is 1. The van der Waals surface area contributed by atoms with Crippen LogP contribution in [0.2, 0.25) is 5.02 Å². The smallest absolute Gasteiger partial charge is 0.0761 e. The zero-order chi connectivity index (χ0) is 13.7. The van der Waals surface area contributed by atoms with Gasteiger partial charge in [-0.1, -0.05) is 24.6 Å². The third-order valence-corrected chi connectivity index (χ3v) is 4.29. The molecule has 0 amide bonds. The van der Waals surface area contributed by atoms with E-state index < -0.39 is 0 Å². The first-order valence-electron chi connectivity index (χ1n) is 6.44. The van der Waals surface area contributed by atoms with Crippen molar-refractivity contribution in [3.63, 3.8) is 0 Å². The van der Waals surface area contributed by atoms with Gasteiger partial charge in [-0.3, -0.25) is 4.98 Å². The van der Waals surface area contributed by atoms with Crippen LogP contribution < -0.4 is 5.32 Å². The van der Waals surface area contributed by atoms with E-state index in [1.54, 1.807) is 0 Å². The van der Waals surface area contributed by atoms with Gasteiger partial charge in [0.2, 0.25) is 0 Å². The van der Waals surface area contributed by atoms with E-state index in [0.29, 0.717) is 5.92 Å². The van der Waals surface area contributed by atoms with Gasteiger partial charge in [0.15, 0.2) is 0 Å². The highest BCUT2D eigenvalue weighted by atomic mass is 35.5. The molecule has 0 saturated heterocycles. The molecule has 0 aliphatic carbocycles. The molecule has 2 nitrogen and oxygen atoms in total. The number of halogens is 1. The first-order chi connectivity index (χ1) is 9.22. The quantitative estimate of drug-likeness (QED) is 0.872. The number of fused-ring (bicyclic) bond motifs is 1. The lowest BCUT2D eigenvalue weighted by Gasteiger charge is -2.12. The summed E-state index contributed by atoms with van der Waals surface area (Å²) in [6, 6.07) is 7.95. The van der Waals surface area contributed by atoms with E-state index in [9.17, 15) is 0 Å². The van der Waals surface area contributed by atoms with E-state index >= 15 is 0 Å². The number of thioether (sulfide) groups is 1. The van der Waals surface area contributed by atoms with Crippen LogP contribution >= 0.6 is 23.4 Å². The molecule has 2 rings (SSSR count). The summed E-state index contributed by atoms with van der Waals surface area (Å²) >= 11 is 8.08. The summed E-state index contributed by atoms with van der Waals surface area (Å²) in [4.78, 5) is 4.45. The summed E-state index contributed by atoms with van der Waals surface area (Å²) in [6.45, 7) is 4.13. The first kappa shape index (κ1) is 14.6. The van der Waals surface area contributed by atoms with E-state index in [0.717, 1.165) is 29.0 Å². The predicted molar refractivity (Wildman–Crippen MR) is 86.0 cm³/mol. The third kappa shape index (κ3) is 3.85. The van der Waals surface area contributed by atoms with Gasteiger partial charge >= 0.3 is 0 Å². The molecule has 0 aliphatic heterocycles. The van der Waals surface area contributed by atoms with Crippen LogP contribution in [0.25, 0.3) is 10.9 Å². The van der Waals surface area contributed by atoms with Gasteiger partial charge in [0, 0.05) is 23.2 Å². The van der Waals surface area contributed by atoms with Crippen molar-refractivity contribution in [3.05, 3.63) is 41.0 Å². The normalized spacial score (nSPS) is 12.8. The zero-order valence-corrected chi connectivity index (χ0v) is 12.9. The molecule has 1 heterocycles. The highest BCUT2D eigenvalue weighted by Crippen LogP contribution is 2.24. The molecule has 4 heteroatoms. The molecule has 19 heavy (non-hydrogen) atoms. The second-order valence-corrected chi connectivity index (χ2v) is 6.12. The van der Waals surface area contributed by atoms with Crippen molar-refractivity contribution in [1.29, 1.82) is 0 Å². The standard InChI is InChI=1S/C15H19ClN2S/c1-11(10-19-2)8-17-9-12-5-6-14(16)13-4-3-7-18-15(12)13/h3-7,11,17H,8-10H2,1-2H3. The summed E-state index contributed by atoms with van der Waals surface area (Å²) < 4.78 is 0. The number of nitrogens with zero attached hydrogens (tertiary/aromatic N) is 1. The molecule has 1 aromatic carbocycles. The maximum absolute atomic E-state index is 6.19. The molecule has 0 bridgehead atoms. The van der Waals surface area contributed by atoms with Gasteiger partial charge in [-0.15, -0.1) is 0 Å². The summed E-state index contributed by atoms with van der Waals surface area (Å²) in [5.74, 6) is 1.87. The number of benzene rings is 1. The molecule has 1 N–H and O–H groups in total. The summed E-state index contributed by atoms with van der Waals surface area (Å²) in [7, 11) is 0. The van der Waals surface area contributed by atoms with E-state index in [1.165, 1.54) is 11.3 Å². The van der Waals surface area contributed by atoms with E-state index in [1.807, 2.05) is 36.2 Å². The molecule has 1 atom stereocenters. The molecule has 1 unspecified atom stereocenters. The van der Waals surface area contributed by atoms with Crippen LogP contribution in [-0.4, -0.2) is 23.5 Å². The fraction of sp³-hybridized carbons (Fsp3) is 0.400. The van der Waals surface area contributed by atoms with Crippen molar-refractivity contribution in [3.8, 4) is 0 Å². The van der Waals surface area contributed by atoms with Crippen molar-refractivity contribution < 1.29 is 0 Å². The molecule has 102 valence electrons. The van der Waals surface area contributed by atoms with Crippen molar-refractivity contribution in [2.45, 2.75) is 13.5 Å². The topological polar surface area (TPSA) is 24.9 Å². The van der Waals surface area contributed by atoms with Crippen LogP contribution in [0.15, 0.2) is 30.5 Å². The second kappa shape index (κ2) is 7.13. The predicted octanol–water partition coefficient (Wildman–Crippen LogP) is 3.98. The Morgan fingerprint density at radius 2 is 2.21 bits per heavy atom. The van der Waals surface area contributed by atoms with Crippen molar-refractivity contribution in [2.24, 2.45) is 5.92 Å². The molecule has 1 aromatic heterocycles. The molecule has 0 fully saturated rings. The van der Waals surface area contributed by atoms with Crippen LogP contribution in [0.3, 0.4) is 0 Å². The van der Waals surface area contributed by atoms with Crippen LogP contribution in [-0.2, 0) is 6.54 Å². The molecular formula is C15H19ClN2S. The number of aromatic nitrogens is 1. The fourth-order valence-electron chi connectivity index (χ4n) is 2.14. The van der Waals surface area contributed by atoms with Gasteiger partial charge in [-0.2, -0.15) is 11.8 Å². The van der Waals surface area contributed by atoms with Gasteiger partial charge in [0.1, 0.15) is 0 Å². The number of nitrogens with one attached hydrogen (secondary N) is 1. The number of rotatable bonds is 6. The SMILES string of the molecule is CSCC(C)CNCc1ccc(Cl)c2cccnc12. The Kier molecular flexibility index (Phi) is 5.49. The Hall–Kier alpha value is -0.770. The van der Waals surface area contributed by atoms with Crippen molar-refractivity contribution >= 4 is 34.3 Å². The Balaban J connectivity index is 2.07. The average Bonchev–Trinajstić information content (AvgIpc) is 2.42. The molecular weight excluding hydrogens is 276 g/mol. The van der Waals surface area contributed by atoms with Gasteiger partial charge in [-0.05, 0) is 48.2 Å². The Labute approximate surface area is 123 Å². The monoisotopic (exact) mass is 294 g/mol. The molecule has 0 spiro atoms. The number of hydrogen-bond acceptors (Lipinski definition) is 3. The molecule has 2 aromatic rings. The molecule has 0 saturated carbocycles. The highest BCUT2D eigenvalue weighted by Gasteiger charge is 2.06. The van der Waals surface area contributed by atoms with Gasteiger partial charge in [0.25, 0.3) is 0 Å². The lowest BCUT2D eigenvalue weighted by Crippen LogP contribution is -2.22. The third-order valence-electron chi connectivity index (χ3n) is 3.06. The average molecular weight is 295 g/mol. The van der Waals surface area contributed by atoms with Gasteiger partial charge < -0.3 is 5.32 Å². The van der Waals surface area contributed by atoms with Crippen LogP contribution in [0, 0.1) is 5.92 Å². The second-order valence-electron chi connectivity index (χ2n) is 4.80. The summed E-state index contributed by atoms with van der Waals surface area (Å²) in [5.41, 5.74) is 2.20. The van der Waals surface area contributed by atoms with Crippen LogP contribution in [0.1, 0.15) is 12.5 Å². The van der Waals surface area contributed by atoms with E-state index in [-0.39, 0.29) is 0 Å². The van der Waals surface area contributed by atoms with Crippen molar-refractivity contribution in [1.82, 2.24) is 10.3 Å². The maximum Gasteiger partial charge on any atom is 0.0761 e. The van der Waals surface area contributed by atoms with E-state index in [2.05, 4.69) is 29.5 Å². The molecule has 0 aliphatic rings. The summed E-state index contributed by atoms with van der Waals surface area (Å²) in [5, 5.41) is 5.30. The molecule has 0 radical (unpaired) electrons. The lowest BCUT2D eigenvalue weighted by atomic mass is 10.1. The minimum absolute atomic E-state index is 0.682. The van der Waals surface area contributed by atoms with Crippen LogP contribution in [0.5, 0.6) is 0 Å². The zero-order valence-electron chi connectivity index (χ0n) is 11.3. The van der Waals surface area contributed by atoms with Crippen LogP contribution in [0.4, 0.5) is 0 Å². The Morgan fingerprint density at radius 3 is 3.00 bits per heavy atom. The van der Waals surface area contributed by atoms with Gasteiger partial charge in [0.05, 0.1) is 5.52 Å². The van der Waals surface area contributed by atoms with Gasteiger partial charge in [-0.25, -0.2) is 0 Å². The fourth-order valence-corrected chi connectivity index (χ4v) is 3.04. The Morgan fingerprint density at radius 1 is 1.37 bits per heavy atom. The van der Waals surface area contributed by atoms with E-state index in [4.69, 9.17) is 11.6 Å². The lowest BCUT2D eigenvalue weighted by molar-refractivity contribution is 0.560. The first-order valence-corrected chi connectivity index (χ1v) is 8.21. The highest BCUT2D eigenvalue weighted by molar-refractivity contribution is 7.98.